The highest BCUT2D eigenvalue weighted by atomic mass is 79.9. The van der Waals surface area contributed by atoms with E-state index in [1.54, 1.807) is 24.3 Å². The lowest BCUT2D eigenvalue weighted by Crippen LogP contribution is -2.32. The third-order valence-electron chi connectivity index (χ3n) is 6.22. The molecular weight excluding hydrogens is 660 g/mol. The van der Waals surface area contributed by atoms with Crippen molar-refractivity contribution in [2.45, 2.75) is 30.6 Å². The quantitative estimate of drug-likeness (QED) is 0.114. The zero-order chi connectivity index (χ0) is 28.5. The third-order valence-corrected chi connectivity index (χ3v) is 9.15. The Balaban J connectivity index is 1.61. The van der Waals surface area contributed by atoms with Gasteiger partial charge in [0.1, 0.15) is 22.2 Å². The maximum Gasteiger partial charge on any atom is 0.273 e. The fourth-order valence-corrected chi connectivity index (χ4v) is 6.50. The standard InChI is InChI=1S/C29H30Br2N4O4S/c1-39-26-16-13-23(33-29(36)25-20-32-28(34-25)21-9-5-4-6-10-21)19-27(26)40(37,38)35(18-8-3-2-7-17-30)24-14-11-22(31)12-15-24/h4-6,9-16,19-20H,2-3,7-8,17-18H2,1H3,(H,32,34)(H,33,36). The van der Waals surface area contributed by atoms with Gasteiger partial charge in [0.15, 0.2) is 0 Å². The number of halogens is 2. The van der Waals surface area contributed by atoms with Crippen LogP contribution in [0.5, 0.6) is 5.75 Å². The van der Waals surface area contributed by atoms with Crippen LogP contribution in [0.2, 0.25) is 0 Å². The largest absolute Gasteiger partial charge is 0.495 e. The summed E-state index contributed by atoms with van der Waals surface area (Å²) in [4.78, 5) is 20.3. The summed E-state index contributed by atoms with van der Waals surface area (Å²) in [6, 6.07) is 21.2. The predicted molar refractivity (Wildman–Crippen MR) is 166 cm³/mol. The molecule has 40 heavy (non-hydrogen) atoms. The van der Waals surface area contributed by atoms with Crippen molar-refractivity contribution < 1.29 is 17.9 Å². The topological polar surface area (TPSA) is 104 Å². The summed E-state index contributed by atoms with van der Waals surface area (Å²) in [7, 11) is -2.62. The summed E-state index contributed by atoms with van der Waals surface area (Å²) in [6.07, 6.45) is 5.08. The molecule has 0 radical (unpaired) electrons. The number of aromatic amines is 1. The maximum absolute atomic E-state index is 14.1. The van der Waals surface area contributed by atoms with Crippen molar-refractivity contribution in [3.8, 4) is 17.1 Å². The molecule has 0 saturated heterocycles. The highest BCUT2D eigenvalue weighted by molar-refractivity contribution is 9.10. The van der Waals surface area contributed by atoms with E-state index in [4.69, 9.17) is 4.74 Å². The number of hydrogen-bond acceptors (Lipinski definition) is 5. The summed E-state index contributed by atoms with van der Waals surface area (Å²) in [5.74, 6) is 0.303. The molecule has 0 spiro atoms. The molecule has 1 heterocycles. The van der Waals surface area contributed by atoms with Gasteiger partial charge in [0, 0.05) is 27.6 Å². The van der Waals surface area contributed by atoms with Gasteiger partial charge in [-0.2, -0.15) is 0 Å². The molecule has 1 aromatic heterocycles. The van der Waals surface area contributed by atoms with Crippen LogP contribution in [0.4, 0.5) is 11.4 Å². The zero-order valence-corrected chi connectivity index (χ0v) is 25.9. The number of nitrogens with one attached hydrogen (secondary N) is 2. The van der Waals surface area contributed by atoms with E-state index in [-0.39, 0.29) is 16.3 Å². The van der Waals surface area contributed by atoms with Crippen molar-refractivity contribution in [3.63, 3.8) is 0 Å². The van der Waals surface area contributed by atoms with Gasteiger partial charge >= 0.3 is 0 Å². The van der Waals surface area contributed by atoms with Crippen LogP contribution >= 0.6 is 31.9 Å². The first kappa shape index (κ1) is 29.8. The fourth-order valence-electron chi connectivity index (χ4n) is 4.15. The second-order valence-electron chi connectivity index (χ2n) is 8.99. The Morgan fingerprint density at radius 1 is 1.00 bits per heavy atom. The van der Waals surface area contributed by atoms with E-state index in [2.05, 4.69) is 47.1 Å². The number of ether oxygens (including phenoxy) is 1. The highest BCUT2D eigenvalue weighted by Gasteiger charge is 2.29. The third kappa shape index (κ3) is 7.32. The molecule has 2 N–H and O–H groups in total. The van der Waals surface area contributed by atoms with Crippen molar-refractivity contribution in [3.05, 3.63) is 89.2 Å². The SMILES string of the molecule is COc1ccc(NC(=O)c2cnc(-c3ccccc3)[nH]2)cc1S(=O)(=O)N(CCCCCCBr)c1ccc(Br)cc1. The van der Waals surface area contributed by atoms with Gasteiger partial charge in [0.05, 0.1) is 19.0 Å². The molecule has 1 amide bonds. The minimum absolute atomic E-state index is 0.0363. The number of hydrogen-bond donors (Lipinski definition) is 2. The van der Waals surface area contributed by atoms with E-state index in [0.29, 0.717) is 30.2 Å². The number of benzene rings is 3. The van der Waals surface area contributed by atoms with Crippen LogP contribution in [0.1, 0.15) is 36.2 Å². The number of anilines is 2. The number of amides is 1. The minimum Gasteiger partial charge on any atom is -0.495 e. The first-order valence-corrected chi connectivity index (χ1v) is 16.1. The van der Waals surface area contributed by atoms with Crippen LogP contribution in [0.3, 0.4) is 0 Å². The average molecular weight is 690 g/mol. The number of aromatic nitrogens is 2. The number of sulfonamides is 1. The maximum atomic E-state index is 14.1. The first-order valence-electron chi connectivity index (χ1n) is 12.8. The second kappa shape index (κ2) is 14.0. The molecule has 0 aliphatic heterocycles. The smallest absolute Gasteiger partial charge is 0.273 e. The van der Waals surface area contributed by atoms with Gasteiger partial charge in [0.25, 0.3) is 15.9 Å². The number of imidazole rings is 1. The molecule has 0 fully saturated rings. The Bertz CT molecular complexity index is 1530. The van der Waals surface area contributed by atoms with Crippen LogP contribution in [-0.4, -0.2) is 43.3 Å². The van der Waals surface area contributed by atoms with Crippen molar-refractivity contribution in [2.24, 2.45) is 0 Å². The van der Waals surface area contributed by atoms with Crippen molar-refractivity contribution >= 4 is 59.2 Å². The lowest BCUT2D eigenvalue weighted by Gasteiger charge is -2.26. The molecule has 8 nitrogen and oxygen atoms in total. The van der Waals surface area contributed by atoms with Crippen LogP contribution in [0.15, 0.2) is 88.4 Å². The summed E-state index contributed by atoms with van der Waals surface area (Å²) >= 11 is 6.86. The van der Waals surface area contributed by atoms with E-state index < -0.39 is 15.9 Å². The Morgan fingerprint density at radius 2 is 1.73 bits per heavy atom. The summed E-state index contributed by atoms with van der Waals surface area (Å²) in [5, 5.41) is 3.70. The molecule has 0 atom stereocenters. The Kier molecular flexibility index (Phi) is 10.4. The summed E-state index contributed by atoms with van der Waals surface area (Å²) < 4.78 is 35.9. The molecule has 0 saturated carbocycles. The fraction of sp³-hybridized carbons (Fsp3) is 0.241. The van der Waals surface area contributed by atoms with Crippen LogP contribution < -0.4 is 14.4 Å². The van der Waals surface area contributed by atoms with Crippen molar-refractivity contribution in [1.29, 1.82) is 0 Å². The van der Waals surface area contributed by atoms with E-state index >= 15 is 0 Å². The molecule has 210 valence electrons. The van der Waals surface area contributed by atoms with Crippen LogP contribution in [0.25, 0.3) is 11.4 Å². The van der Waals surface area contributed by atoms with E-state index in [9.17, 15) is 13.2 Å². The number of methoxy groups -OCH3 is 1. The average Bonchev–Trinajstić information content (AvgIpc) is 3.47. The molecule has 0 aliphatic rings. The van der Waals surface area contributed by atoms with Crippen LogP contribution in [0, 0.1) is 0 Å². The molecule has 4 rings (SSSR count). The number of nitrogens with zero attached hydrogens (tertiary/aromatic N) is 2. The Morgan fingerprint density at radius 3 is 2.42 bits per heavy atom. The Labute approximate surface area is 251 Å². The first-order chi connectivity index (χ1) is 19.3. The minimum atomic E-state index is -4.05. The van der Waals surface area contributed by atoms with E-state index in [0.717, 1.165) is 34.6 Å². The highest BCUT2D eigenvalue weighted by Crippen LogP contribution is 2.33. The number of carbonyl (C=O) groups excluding carboxylic acids is 1. The van der Waals surface area contributed by atoms with Gasteiger partial charge in [-0.1, -0.05) is 75.0 Å². The van der Waals surface area contributed by atoms with Gasteiger partial charge < -0.3 is 15.0 Å². The van der Waals surface area contributed by atoms with Gasteiger partial charge in [-0.05, 0) is 55.3 Å². The number of alkyl halides is 1. The zero-order valence-electron chi connectivity index (χ0n) is 21.9. The van der Waals surface area contributed by atoms with Gasteiger partial charge in [0.2, 0.25) is 0 Å². The molecule has 0 unspecified atom stereocenters. The summed E-state index contributed by atoms with van der Waals surface area (Å²) in [5.41, 5.74) is 1.96. The lowest BCUT2D eigenvalue weighted by molar-refractivity contribution is 0.102. The summed E-state index contributed by atoms with van der Waals surface area (Å²) in [6.45, 7) is 0.308. The van der Waals surface area contributed by atoms with Crippen molar-refractivity contribution in [2.75, 3.05) is 28.6 Å². The number of unbranched alkanes of at least 4 members (excludes halogenated alkanes) is 3. The van der Waals surface area contributed by atoms with Crippen molar-refractivity contribution in [1.82, 2.24) is 9.97 Å². The normalized spacial score (nSPS) is 11.3. The van der Waals surface area contributed by atoms with Gasteiger partial charge in [-0.3, -0.25) is 9.10 Å². The number of carbonyl (C=O) groups is 1. The monoisotopic (exact) mass is 688 g/mol. The molecule has 4 aromatic rings. The molecule has 0 aliphatic carbocycles. The van der Waals surface area contributed by atoms with E-state index in [1.165, 1.54) is 23.7 Å². The molecule has 11 heteroatoms. The predicted octanol–water partition coefficient (Wildman–Crippen LogP) is 7.25. The second-order valence-corrected chi connectivity index (χ2v) is 12.5. The lowest BCUT2D eigenvalue weighted by atomic mass is 10.2. The molecule has 0 bridgehead atoms. The van der Waals surface area contributed by atoms with Crippen LogP contribution in [-0.2, 0) is 10.0 Å². The Hall–Kier alpha value is -3.15. The number of H-pyrrole nitrogens is 1. The van der Waals surface area contributed by atoms with Gasteiger partial charge in [-0.15, -0.1) is 0 Å². The molecular formula is C29H30Br2N4O4S. The van der Waals surface area contributed by atoms with E-state index in [1.807, 2.05) is 42.5 Å². The molecule has 3 aromatic carbocycles. The van der Waals surface area contributed by atoms with Gasteiger partial charge in [-0.25, -0.2) is 13.4 Å². The number of rotatable bonds is 13.